The van der Waals surface area contributed by atoms with E-state index in [9.17, 15) is 9.50 Å². The van der Waals surface area contributed by atoms with E-state index in [-0.39, 0.29) is 29.2 Å². The number of H-pyrrole nitrogens is 1. The number of nitrogens with one attached hydrogen (secondary N) is 2. The van der Waals surface area contributed by atoms with Crippen LogP contribution in [0.15, 0.2) is 24.5 Å². The van der Waals surface area contributed by atoms with Gasteiger partial charge in [-0.3, -0.25) is 5.10 Å². The van der Waals surface area contributed by atoms with Crippen LogP contribution in [-0.2, 0) is 0 Å². The van der Waals surface area contributed by atoms with E-state index in [2.05, 4.69) is 55.2 Å². The number of hydrogen-bond donors (Lipinski definition) is 3. The number of rotatable bonds is 4. The number of nitrogens with zero attached hydrogens (tertiary/aromatic N) is 4. The predicted molar refractivity (Wildman–Crippen MR) is 140 cm³/mol. The summed E-state index contributed by atoms with van der Waals surface area (Å²) in [6.45, 7) is 8.98. The van der Waals surface area contributed by atoms with Crippen molar-refractivity contribution in [2.24, 2.45) is 0 Å². The summed E-state index contributed by atoms with van der Waals surface area (Å²) in [6, 6.07) is 2.87. The fourth-order valence-corrected chi connectivity index (χ4v) is 7.17. The molecular formula is C23H28ClFN6OS2. The van der Waals surface area contributed by atoms with Crippen LogP contribution in [0.1, 0.15) is 40.5 Å². The van der Waals surface area contributed by atoms with Gasteiger partial charge in [-0.15, -0.1) is 12.4 Å². The van der Waals surface area contributed by atoms with E-state index in [1.54, 1.807) is 23.7 Å². The summed E-state index contributed by atoms with van der Waals surface area (Å²) >= 11 is 2.95. The number of halogens is 2. The number of phenolic OH excluding ortho intramolecular Hbond substituents is 1. The van der Waals surface area contributed by atoms with E-state index in [1.165, 1.54) is 17.4 Å². The van der Waals surface area contributed by atoms with Crippen LogP contribution in [0.25, 0.3) is 31.4 Å². The van der Waals surface area contributed by atoms with Gasteiger partial charge in [0.2, 0.25) is 0 Å². The molecule has 1 fully saturated rings. The summed E-state index contributed by atoms with van der Waals surface area (Å²) in [6.07, 6.45) is 5.31. The molecule has 0 radical (unpaired) electrons. The number of hydrogen-bond acceptors (Lipinski definition) is 8. The minimum absolute atomic E-state index is 0. The van der Waals surface area contributed by atoms with Crippen LogP contribution in [0.5, 0.6) is 5.75 Å². The standard InChI is InChI=1S/C23H27FN6OS2.ClH/c1-22(2)8-14(9-23(3,4)29-22)30(5)21-28-20-19(33-21)27-18(32-20)17-15(12-10-25-26-11-12)6-13(24)7-16(17)31;/h6-7,10-11,14,29,31H,8-9H2,1-5H3,(H,25,26);1H. The lowest BCUT2D eigenvalue weighted by Gasteiger charge is -2.48. The molecular weight excluding hydrogens is 495 g/mol. The highest BCUT2D eigenvalue weighted by Crippen LogP contribution is 2.44. The van der Waals surface area contributed by atoms with Gasteiger partial charge >= 0.3 is 0 Å². The lowest BCUT2D eigenvalue weighted by molar-refractivity contribution is 0.161. The SMILES string of the molecule is CN(c1nc2sc(-c3c(O)cc(F)cc3-c3cn[nH]c3)nc2s1)C1CC(C)(C)NC(C)(C)C1.Cl. The number of thiazole rings is 2. The highest BCUT2D eigenvalue weighted by Gasteiger charge is 2.39. The molecule has 4 aromatic rings. The van der Waals surface area contributed by atoms with E-state index < -0.39 is 5.82 Å². The maximum absolute atomic E-state index is 14.1. The van der Waals surface area contributed by atoms with Gasteiger partial charge in [0, 0.05) is 47.6 Å². The number of anilines is 1. The van der Waals surface area contributed by atoms with Crippen LogP contribution in [0.3, 0.4) is 0 Å². The molecule has 0 saturated carbocycles. The summed E-state index contributed by atoms with van der Waals surface area (Å²) < 4.78 is 14.1. The number of piperidine rings is 1. The van der Waals surface area contributed by atoms with Crippen molar-refractivity contribution in [1.82, 2.24) is 25.5 Å². The van der Waals surface area contributed by atoms with Gasteiger partial charge in [0.05, 0.1) is 11.8 Å². The van der Waals surface area contributed by atoms with Gasteiger partial charge in [0.1, 0.15) is 16.6 Å². The summed E-state index contributed by atoms with van der Waals surface area (Å²) in [5.74, 6) is -0.662. The number of aromatic nitrogens is 4. The normalized spacial score (nSPS) is 17.6. The smallest absolute Gasteiger partial charge is 0.188 e. The molecule has 3 aromatic heterocycles. The number of aromatic amines is 1. The van der Waals surface area contributed by atoms with Gasteiger partial charge in [-0.05, 0) is 46.6 Å². The van der Waals surface area contributed by atoms with Gasteiger partial charge in [-0.25, -0.2) is 14.4 Å². The van der Waals surface area contributed by atoms with Gasteiger partial charge in [-0.1, -0.05) is 22.7 Å². The topological polar surface area (TPSA) is 90.0 Å². The second-order valence-electron chi connectivity index (χ2n) is 10.0. The van der Waals surface area contributed by atoms with Crippen LogP contribution >= 0.6 is 35.1 Å². The lowest BCUT2D eigenvalue weighted by Crippen LogP contribution is -2.61. The Hall–Kier alpha value is -2.27. The van der Waals surface area contributed by atoms with Crippen molar-refractivity contribution in [2.45, 2.75) is 57.7 Å². The molecule has 7 nitrogen and oxygen atoms in total. The Morgan fingerprint density at radius 3 is 2.38 bits per heavy atom. The molecule has 11 heteroatoms. The van der Waals surface area contributed by atoms with Crippen molar-refractivity contribution < 1.29 is 9.50 Å². The van der Waals surface area contributed by atoms with Gasteiger partial charge in [0.25, 0.3) is 0 Å². The van der Waals surface area contributed by atoms with E-state index in [1.807, 2.05) is 0 Å². The van der Waals surface area contributed by atoms with Gasteiger partial charge in [0.15, 0.2) is 14.8 Å². The molecule has 0 atom stereocenters. The van der Waals surface area contributed by atoms with Crippen molar-refractivity contribution in [3.63, 3.8) is 0 Å². The Morgan fingerprint density at radius 2 is 1.76 bits per heavy atom. The second-order valence-corrected chi connectivity index (χ2v) is 12.0. The number of phenols is 1. The maximum Gasteiger partial charge on any atom is 0.188 e. The number of aromatic hydroxyl groups is 1. The molecule has 0 unspecified atom stereocenters. The molecule has 0 bridgehead atoms. The summed E-state index contributed by atoms with van der Waals surface area (Å²) in [5, 5.41) is 22.5. The second kappa shape index (κ2) is 8.75. The van der Waals surface area contributed by atoms with Crippen molar-refractivity contribution in [3.05, 3.63) is 30.3 Å². The summed E-state index contributed by atoms with van der Waals surface area (Å²) in [5.41, 5.74) is 1.81. The van der Waals surface area contributed by atoms with Crippen molar-refractivity contribution in [3.8, 4) is 27.4 Å². The predicted octanol–water partition coefficient (Wildman–Crippen LogP) is 5.82. The zero-order valence-corrected chi connectivity index (χ0v) is 22.1. The van der Waals surface area contributed by atoms with Crippen molar-refractivity contribution in [1.29, 1.82) is 0 Å². The zero-order valence-electron chi connectivity index (χ0n) is 19.6. The molecule has 34 heavy (non-hydrogen) atoms. The molecule has 5 rings (SSSR count). The Morgan fingerprint density at radius 1 is 1.09 bits per heavy atom. The maximum atomic E-state index is 14.1. The van der Waals surface area contributed by atoms with Crippen LogP contribution < -0.4 is 10.2 Å². The van der Waals surface area contributed by atoms with Crippen molar-refractivity contribution in [2.75, 3.05) is 11.9 Å². The molecule has 1 aliphatic rings. The number of benzene rings is 1. The minimum atomic E-state index is -0.513. The average Bonchev–Trinajstić information content (AvgIpc) is 3.40. The fraction of sp³-hybridized carbons (Fsp3) is 0.435. The fourth-order valence-electron chi connectivity index (χ4n) is 5.03. The third-order valence-electron chi connectivity index (χ3n) is 6.09. The highest BCUT2D eigenvalue weighted by atomic mass is 35.5. The first-order valence-electron chi connectivity index (χ1n) is 10.8. The first-order valence-corrected chi connectivity index (χ1v) is 12.5. The van der Waals surface area contributed by atoms with Gasteiger partial charge < -0.3 is 15.3 Å². The monoisotopic (exact) mass is 522 g/mol. The third kappa shape index (κ3) is 4.64. The van der Waals surface area contributed by atoms with Crippen LogP contribution in [-0.4, -0.2) is 49.4 Å². The molecule has 182 valence electrons. The first kappa shape index (κ1) is 24.8. The van der Waals surface area contributed by atoms with Crippen LogP contribution in [0, 0.1) is 5.82 Å². The molecule has 4 heterocycles. The summed E-state index contributed by atoms with van der Waals surface area (Å²) in [4.78, 5) is 13.5. The molecule has 1 aromatic carbocycles. The number of fused-ring (bicyclic) bond motifs is 1. The third-order valence-corrected chi connectivity index (χ3v) is 8.22. The quantitative estimate of drug-likeness (QED) is 0.313. The molecule has 0 aliphatic carbocycles. The first-order chi connectivity index (χ1) is 15.5. The van der Waals surface area contributed by atoms with E-state index in [0.29, 0.717) is 27.7 Å². The summed E-state index contributed by atoms with van der Waals surface area (Å²) in [7, 11) is 2.11. The largest absolute Gasteiger partial charge is 0.507 e. The Kier molecular flexibility index (Phi) is 6.39. The molecule has 0 amide bonds. The van der Waals surface area contributed by atoms with E-state index >= 15 is 0 Å². The molecule has 0 spiro atoms. The Bertz CT molecular complexity index is 1270. The highest BCUT2D eigenvalue weighted by molar-refractivity contribution is 7.29. The lowest BCUT2D eigenvalue weighted by atomic mass is 9.79. The van der Waals surface area contributed by atoms with Crippen molar-refractivity contribution >= 4 is 49.9 Å². The van der Waals surface area contributed by atoms with Crippen LogP contribution in [0.4, 0.5) is 9.52 Å². The van der Waals surface area contributed by atoms with E-state index in [4.69, 9.17) is 9.97 Å². The molecule has 1 aliphatic heterocycles. The van der Waals surface area contributed by atoms with Gasteiger partial charge in [-0.2, -0.15) is 5.10 Å². The zero-order chi connectivity index (χ0) is 23.5. The van der Waals surface area contributed by atoms with Crippen LogP contribution in [0.2, 0.25) is 0 Å². The minimum Gasteiger partial charge on any atom is -0.507 e. The Labute approximate surface area is 211 Å². The molecule has 1 saturated heterocycles. The molecule has 3 N–H and O–H groups in total. The Balaban J connectivity index is 0.00000274. The average molecular weight is 523 g/mol. The van der Waals surface area contributed by atoms with E-state index in [0.717, 1.165) is 33.7 Å².